The molecule has 0 amide bonds. The predicted molar refractivity (Wildman–Crippen MR) is 77.9 cm³/mol. The zero-order valence-corrected chi connectivity index (χ0v) is 13.7. The summed E-state index contributed by atoms with van der Waals surface area (Å²) in [5.41, 5.74) is -1.85. The SMILES string of the molecule is CC(C)(C)S(=O)NC(c1cc(F)c(C(F)(F)F)cc1F)C1CC1. The van der Waals surface area contributed by atoms with Gasteiger partial charge in [0.15, 0.2) is 0 Å². The average Bonchev–Trinajstić information content (AvgIpc) is 3.20. The van der Waals surface area contributed by atoms with E-state index >= 15 is 0 Å². The Morgan fingerprint density at radius 2 is 1.70 bits per heavy atom. The molecule has 2 rings (SSSR count). The number of rotatable bonds is 4. The molecule has 23 heavy (non-hydrogen) atoms. The van der Waals surface area contributed by atoms with Crippen molar-refractivity contribution in [3.63, 3.8) is 0 Å². The molecule has 1 aromatic carbocycles. The van der Waals surface area contributed by atoms with Crippen LogP contribution in [0.15, 0.2) is 12.1 Å². The van der Waals surface area contributed by atoms with E-state index in [0.717, 1.165) is 12.8 Å². The van der Waals surface area contributed by atoms with Crippen molar-refractivity contribution < 1.29 is 26.2 Å². The molecule has 1 saturated carbocycles. The van der Waals surface area contributed by atoms with Gasteiger partial charge in [0, 0.05) is 5.56 Å². The molecule has 2 atom stereocenters. The Hall–Kier alpha value is -1.02. The van der Waals surface area contributed by atoms with E-state index in [-0.39, 0.29) is 17.5 Å². The Morgan fingerprint density at radius 1 is 1.13 bits per heavy atom. The van der Waals surface area contributed by atoms with Crippen LogP contribution < -0.4 is 4.72 Å². The second kappa shape index (κ2) is 6.12. The van der Waals surface area contributed by atoms with Crippen LogP contribution in [0, 0.1) is 17.6 Å². The van der Waals surface area contributed by atoms with Crippen molar-refractivity contribution in [3.8, 4) is 0 Å². The van der Waals surface area contributed by atoms with E-state index in [4.69, 9.17) is 0 Å². The van der Waals surface area contributed by atoms with Gasteiger partial charge in [-0.3, -0.25) is 0 Å². The van der Waals surface area contributed by atoms with Gasteiger partial charge in [-0.15, -0.1) is 0 Å². The Morgan fingerprint density at radius 3 is 2.13 bits per heavy atom. The standard InChI is InChI=1S/C15H18F5NOS/c1-14(2,3)23(22)21-13(8-4-5-8)9-6-12(17)10(7-11(9)16)15(18,19)20/h6-8,13,21H,4-5H2,1-3H3. The maximum absolute atomic E-state index is 14.1. The van der Waals surface area contributed by atoms with E-state index in [2.05, 4.69) is 4.72 Å². The maximum atomic E-state index is 14.1. The van der Waals surface area contributed by atoms with Crippen molar-refractivity contribution in [1.82, 2.24) is 4.72 Å². The van der Waals surface area contributed by atoms with Gasteiger partial charge in [0.2, 0.25) is 0 Å². The molecule has 0 spiro atoms. The molecule has 1 N–H and O–H groups in total. The summed E-state index contributed by atoms with van der Waals surface area (Å²) in [6.45, 7) is 5.14. The molecule has 1 fully saturated rings. The summed E-state index contributed by atoms with van der Waals surface area (Å²) in [7, 11) is -1.55. The van der Waals surface area contributed by atoms with Gasteiger partial charge in [0.1, 0.15) is 11.6 Å². The van der Waals surface area contributed by atoms with Gasteiger partial charge in [0.25, 0.3) is 0 Å². The molecule has 1 aromatic rings. The number of halogens is 5. The number of hydrogen-bond donors (Lipinski definition) is 1. The first-order valence-corrected chi connectivity index (χ1v) is 8.30. The lowest BCUT2D eigenvalue weighted by atomic mass is 10.0. The van der Waals surface area contributed by atoms with E-state index in [1.807, 2.05) is 0 Å². The van der Waals surface area contributed by atoms with Crippen molar-refractivity contribution in [2.24, 2.45) is 5.92 Å². The summed E-state index contributed by atoms with van der Waals surface area (Å²) in [4.78, 5) is 0. The minimum Gasteiger partial charge on any atom is -0.242 e. The summed E-state index contributed by atoms with van der Waals surface area (Å²) in [6.07, 6.45) is -3.51. The normalized spacial score (nSPS) is 18.8. The highest BCUT2D eigenvalue weighted by atomic mass is 32.2. The van der Waals surface area contributed by atoms with Crippen molar-refractivity contribution in [1.29, 1.82) is 0 Å². The van der Waals surface area contributed by atoms with Crippen molar-refractivity contribution in [2.75, 3.05) is 0 Å². The highest BCUT2D eigenvalue weighted by Crippen LogP contribution is 2.43. The van der Waals surface area contributed by atoms with Crippen LogP contribution in [0.5, 0.6) is 0 Å². The quantitative estimate of drug-likeness (QED) is 0.793. The largest absolute Gasteiger partial charge is 0.419 e. The van der Waals surface area contributed by atoms with Gasteiger partial charge >= 0.3 is 6.18 Å². The minimum absolute atomic E-state index is 0.0630. The molecule has 1 aliphatic rings. The fraction of sp³-hybridized carbons (Fsp3) is 0.600. The van der Waals surface area contributed by atoms with E-state index in [1.165, 1.54) is 0 Å². The fourth-order valence-electron chi connectivity index (χ4n) is 2.15. The summed E-state index contributed by atoms with van der Waals surface area (Å²) in [5, 5.41) is 0. The Balaban J connectivity index is 2.37. The topological polar surface area (TPSA) is 29.1 Å². The van der Waals surface area contributed by atoms with Gasteiger partial charge in [0.05, 0.1) is 27.3 Å². The average molecular weight is 355 g/mol. The van der Waals surface area contributed by atoms with E-state index in [1.54, 1.807) is 20.8 Å². The number of alkyl halides is 3. The Kier molecular flexibility index (Phi) is 4.88. The maximum Gasteiger partial charge on any atom is 0.419 e. The van der Waals surface area contributed by atoms with Gasteiger partial charge in [-0.25, -0.2) is 17.7 Å². The van der Waals surface area contributed by atoms with E-state index in [9.17, 15) is 26.2 Å². The smallest absolute Gasteiger partial charge is 0.242 e. The number of nitrogens with one attached hydrogen (secondary N) is 1. The molecule has 2 nitrogen and oxygen atoms in total. The number of benzene rings is 1. The molecule has 0 aliphatic heterocycles. The molecule has 130 valence electrons. The van der Waals surface area contributed by atoms with Gasteiger partial charge < -0.3 is 0 Å². The Labute approximate surface area is 134 Å². The van der Waals surface area contributed by atoms with Gasteiger partial charge in [-0.1, -0.05) is 0 Å². The van der Waals surface area contributed by atoms with Gasteiger partial charge in [-0.05, 0) is 51.7 Å². The lowest BCUT2D eigenvalue weighted by Crippen LogP contribution is -2.37. The fourth-order valence-corrected chi connectivity index (χ4v) is 3.06. The van der Waals surface area contributed by atoms with Crippen LogP contribution in [0.3, 0.4) is 0 Å². The van der Waals surface area contributed by atoms with Gasteiger partial charge in [-0.2, -0.15) is 13.2 Å². The highest BCUT2D eigenvalue weighted by Gasteiger charge is 2.40. The molecule has 0 aromatic heterocycles. The summed E-state index contributed by atoms with van der Waals surface area (Å²) in [6, 6.07) is -0.0396. The highest BCUT2D eigenvalue weighted by molar-refractivity contribution is 7.84. The second-order valence-electron chi connectivity index (χ2n) is 6.67. The molecule has 2 unspecified atom stereocenters. The van der Waals surface area contributed by atoms with Crippen LogP contribution in [0.25, 0.3) is 0 Å². The summed E-state index contributed by atoms with van der Waals surface area (Å²) >= 11 is 0. The van der Waals surface area contributed by atoms with Crippen LogP contribution in [0.4, 0.5) is 22.0 Å². The van der Waals surface area contributed by atoms with E-state index < -0.39 is 45.1 Å². The third-order valence-corrected chi connectivity index (χ3v) is 5.19. The van der Waals surface area contributed by atoms with Crippen molar-refractivity contribution >= 4 is 11.0 Å². The first-order chi connectivity index (χ1) is 10.4. The lowest BCUT2D eigenvalue weighted by molar-refractivity contribution is -0.140. The lowest BCUT2D eigenvalue weighted by Gasteiger charge is -2.25. The van der Waals surface area contributed by atoms with Crippen LogP contribution >= 0.6 is 0 Å². The van der Waals surface area contributed by atoms with E-state index in [0.29, 0.717) is 6.07 Å². The summed E-state index contributed by atoms with van der Waals surface area (Å²) < 4.78 is 80.1. The van der Waals surface area contributed by atoms with Crippen molar-refractivity contribution in [3.05, 3.63) is 34.9 Å². The molecule has 1 aliphatic carbocycles. The third kappa shape index (κ3) is 4.29. The van der Waals surface area contributed by atoms with Crippen molar-refractivity contribution in [2.45, 2.75) is 50.6 Å². The third-order valence-electron chi connectivity index (χ3n) is 3.61. The Bertz CT molecular complexity index is 620. The first-order valence-electron chi connectivity index (χ1n) is 7.15. The molecular weight excluding hydrogens is 337 g/mol. The number of hydrogen-bond acceptors (Lipinski definition) is 1. The predicted octanol–water partition coefficient (Wildman–Crippen LogP) is 4.49. The zero-order chi connectivity index (χ0) is 17.6. The van der Waals surface area contributed by atoms with Crippen LogP contribution in [-0.4, -0.2) is 8.96 Å². The molecule has 0 saturated heterocycles. The van der Waals surface area contributed by atoms with Crippen LogP contribution in [0.2, 0.25) is 0 Å². The minimum atomic E-state index is -4.96. The van der Waals surface area contributed by atoms with Crippen LogP contribution in [0.1, 0.15) is 50.8 Å². The molecule has 0 heterocycles. The molecule has 8 heteroatoms. The van der Waals surface area contributed by atoms with Crippen LogP contribution in [-0.2, 0) is 17.2 Å². The first kappa shape index (κ1) is 18.3. The molecule has 0 radical (unpaired) electrons. The monoisotopic (exact) mass is 355 g/mol. The summed E-state index contributed by atoms with van der Waals surface area (Å²) in [5.74, 6) is -2.73. The zero-order valence-electron chi connectivity index (χ0n) is 12.9. The molecular formula is C15H18F5NOS. The molecule has 0 bridgehead atoms. The second-order valence-corrected chi connectivity index (χ2v) is 8.66.